The van der Waals surface area contributed by atoms with Crippen molar-refractivity contribution in [1.29, 1.82) is 10.5 Å². The van der Waals surface area contributed by atoms with Crippen LogP contribution >= 0.6 is 0 Å². The smallest absolute Gasteiger partial charge is 0.379 e. The quantitative estimate of drug-likeness (QED) is 0.238. The van der Waals surface area contributed by atoms with E-state index in [1.165, 1.54) is 18.2 Å². The number of Topliss-reactive ketones (excluding diaryl/α,β-unsaturated/α-hetero) is 1. The van der Waals surface area contributed by atoms with Gasteiger partial charge in [0.25, 0.3) is 5.78 Å². The number of hydrogen-bond acceptors (Lipinski definition) is 8. The zero-order valence-electron chi connectivity index (χ0n) is 20.7. The van der Waals surface area contributed by atoms with Crippen LogP contribution in [0.5, 0.6) is 0 Å². The normalized spacial score (nSPS) is 11.6. The van der Waals surface area contributed by atoms with E-state index in [4.69, 9.17) is 15.3 Å². The SMILES string of the molecule is CCOC(=O)C(=NS(=O)C(C)(C)C)c1cccc(C#N)c1.CCOC(=O)C(=O)c1cccc(C#N)c1. The highest BCUT2D eigenvalue weighted by atomic mass is 32.2. The Kier molecular flexibility index (Phi) is 11.9. The summed E-state index contributed by atoms with van der Waals surface area (Å²) in [5.41, 5.74) is 1.30. The number of nitrogens with zero attached hydrogens (tertiary/aromatic N) is 3. The van der Waals surface area contributed by atoms with Crippen molar-refractivity contribution < 1.29 is 28.1 Å². The van der Waals surface area contributed by atoms with Crippen LogP contribution < -0.4 is 0 Å². The van der Waals surface area contributed by atoms with Crippen LogP contribution in [-0.4, -0.2) is 45.6 Å². The predicted octanol–water partition coefficient (Wildman–Crippen LogP) is 3.68. The summed E-state index contributed by atoms with van der Waals surface area (Å²) in [5, 5.41) is 17.5. The molecule has 0 fully saturated rings. The molecule has 0 radical (unpaired) electrons. The maximum atomic E-state index is 12.2. The van der Waals surface area contributed by atoms with Crippen molar-refractivity contribution in [2.45, 2.75) is 39.4 Å². The van der Waals surface area contributed by atoms with Crippen molar-refractivity contribution >= 4 is 34.4 Å². The minimum Gasteiger partial charge on any atom is -0.461 e. The van der Waals surface area contributed by atoms with Gasteiger partial charge in [0.1, 0.15) is 11.0 Å². The maximum absolute atomic E-state index is 12.2. The van der Waals surface area contributed by atoms with E-state index in [0.29, 0.717) is 16.7 Å². The average molecular weight is 510 g/mol. The lowest BCUT2D eigenvalue weighted by atomic mass is 10.1. The van der Waals surface area contributed by atoms with Crippen LogP contribution in [-0.2, 0) is 30.0 Å². The third-order valence-corrected chi connectivity index (χ3v) is 5.54. The van der Waals surface area contributed by atoms with Crippen LogP contribution in [0.25, 0.3) is 0 Å². The van der Waals surface area contributed by atoms with Crippen LogP contribution in [0.4, 0.5) is 0 Å². The largest absolute Gasteiger partial charge is 0.461 e. The predicted molar refractivity (Wildman–Crippen MR) is 134 cm³/mol. The summed E-state index contributed by atoms with van der Waals surface area (Å²) in [5.74, 6) is -2.27. The molecule has 0 bridgehead atoms. The van der Waals surface area contributed by atoms with E-state index in [1.807, 2.05) is 12.1 Å². The fourth-order valence-corrected chi connectivity index (χ4v) is 3.03. The van der Waals surface area contributed by atoms with Gasteiger partial charge in [-0.25, -0.2) is 13.8 Å². The zero-order valence-corrected chi connectivity index (χ0v) is 21.5. The molecule has 0 N–H and O–H groups in total. The molecule has 10 heteroatoms. The first-order valence-electron chi connectivity index (χ1n) is 10.9. The van der Waals surface area contributed by atoms with E-state index in [9.17, 15) is 18.6 Å². The minimum absolute atomic E-state index is 0.0257. The highest BCUT2D eigenvalue weighted by Gasteiger charge is 2.24. The molecule has 0 amide bonds. The number of rotatable bonds is 7. The molecule has 0 aliphatic rings. The Morgan fingerprint density at radius 2 is 1.33 bits per heavy atom. The summed E-state index contributed by atoms with van der Waals surface area (Å²) >= 11 is 0. The first-order valence-corrected chi connectivity index (χ1v) is 12.0. The second-order valence-electron chi connectivity index (χ2n) is 7.96. The molecule has 0 saturated heterocycles. The lowest BCUT2D eigenvalue weighted by Crippen LogP contribution is -2.25. The molecule has 0 aliphatic heterocycles. The minimum atomic E-state index is -1.60. The first kappa shape index (κ1) is 29.9. The molecular weight excluding hydrogens is 482 g/mol. The Morgan fingerprint density at radius 1 is 0.861 bits per heavy atom. The van der Waals surface area contributed by atoms with Gasteiger partial charge < -0.3 is 9.47 Å². The standard InChI is InChI=1S/C15H18N2O3S.C11H9NO3/c1-5-20-14(18)13(17-21(19)15(2,3)4)12-8-6-7-11(9-12)10-16;1-2-15-11(14)10(13)9-5-3-4-8(6-9)7-12/h6-9H,5H2,1-4H3;3-6H,2H2,1H3. The van der Waals surface area contributed by atoms with Gasteiger partial charge in [-0.2, -0.15) is 14.9 Å². The molecule has 0 aliphatic carbocycles. The number of benzene rings is 2. The maximum Gasteiger partial charge on any atom is 0.379 e. The molecule has 9 nitrogen and oxygen atoms in total. The number of hydrogen-bond donors (Lipinski definition) is 0. The van der Waals surface area contributed by atoms with Gasteiger partial charge in [-0.1, -0.05) is 24.3 Å². The number of carbonyl (C=O) groups excluding carboxylic acids is 3. The van der Waals surface area contributed by atoms with E-state index >= 15 is 0 Å². The van der Waals surface area contributed by atoms with Crippen LogP contribution in [0.1, 0.15) is 61.7 Å². The molecule has 0 saturated carbocycles. The Balaban J connectivity index is 0.000000381. The zero-order chi connectivity index (χ0) is 27.3. The Bertz CT molecular complexity index is 1250. The monoisotopic (exact) mass is 509 g/mol. The van der Waals surface area contributed by atoms with Crippen LogP contribution in [0, 0.1) is 22.7 Å². The van der Waals surface area contributed by atoms with E-state index < -0.39 is 33.5 Å². The third-order valence-electron chi connectivity index (χ3n) is 4.15. The summed E-state index contributed by atoms with van der Waals surface area (Å²) < 4.78 is 25.1. The van der Waals surface area contributed by atoms with Crippen LogP contribution in [0.15, 0.2) is 52.9 Å². The van der Waals surface area contributed by atoms with Gasteiger partial charge in [0.2, 0.25) is 0 Å². The van der Waals surface area contributed by atoms with E-state index in [2.05, 4.69) is 9.13 Å². The van der Waals surface area contributed by atoms with E-state index in [1.54, 1.807) is 65.0 Å². The van der Waals surface area contributed by atoms with E-state index in [0.717, 1.165) is 0 Å². The van der Waals surface area contributed by atoms with Crippen molar-refractivity contribution in [2.24, 2.45) is 4.40 Å². The van der Waals surface area contributed by atoms with E-state index in [-0.39, 0.29) is 24.5 Å². The summed E-state index contributed by atoms with van der Waals surface area (Å²) in [7, 11) is -1.60. The van der Waals surface area contributed by atoms with Gasteiger partial charge in [0.15, 0.2) is 5.71 Å². The number of nitriles is 2. The van der Waals surface area contributed by atoms with Gasteiger partial charge >= 0.3 is 11.9 Å². The molecular formula is C26H27N3O6S. The van der Waals surface area contributed by atoms with Gasteiger partial charge in [-0.3, -0.25) is 4.79 Å². The molecule has 1 unspecified atom stereocenters. The summed E-state index contributed by atoms with van der Waals surface area (Å²) in [6.07, 6.45) is 0. The number of ether oxygens (including phenoxy) is 2. The molecule has 2 aromatic rings. The summed E-state index contributed by atoms with van der Waals surface area (Å²) in [6.45, 7) is 8.95. The lowest BCUT2D eigenvalue weighted by Gasteiger charge is -2.15. The summed E-state index contributed by atoms with van der Waals surface area (Å²) in [4.78, 5) is 34.5. The fourth-order valence-electron chi connectivity index (χ4n) is 2.41. The third kappa shape index (κ3) is 9.24. The summed E-state index contributed by atoms with van der Waals surface area (Å²) in [6, 6.07) is 16.2. The van der Waals surface area contributed by atoms with Gasteiger partial charge in [0, 0.05) is 11.1 Å². The van der Waals surface area contributed by atoms with Crippen molar-refractivity contribution in [3.8, 4) is 12.1 Å². The molecule has 0 heterocycles. The number of ketones is 1. The number of esters is 2. The second kappa shape index (κ2) is 14.3. The number of carbonyl (C=O) groups is 3. The van der Waals surface area contributed by atoms with Crippen molar-refractivity contribution in [3.05, 3.63) is 70.8 Å². The Labute approximate surface area is 213 Å². The Hall–Kier alpha value is -4.15. The molecule has 1 atom stereocenters. The average Bonchev–Trinajstić information content (AvgIpc) is 2.86. The van der Waals surface area contributed by atoms with Crippen LogP contribution in [0.3, 0.4) is 0 Å². The van der Waals surface area contributed by atoms with Crippen molar-refractivity contribution in [3.63, 3.8) is 0 Å². The first-order chi connectivity index (χ1) is 17.0. The molecule has 2 rings (SSSR count). The highest BCUT2D eigenvalue weighted by molar-refractivity contribution is 7.85. The fraction of sp³-hybridized carbons (Fsp3) is 0.308. The molecule has 0 spiro atoms. The second-order valence-corrected chi connectivity index (χ2v) is 9.86. The lowest BCUT2D eigenvalue weighted by molar-refractivity contribution is -0.137. The van der Waals surface area contributed by atoms with Gasteiger partial charge in [-0.15, -0.1) is 0 Å². The van der Waals surface area contributed by atoms with Crippen molar-refractivity contribution in [2.75, 3.05) is 13.2 Å². The molecule has 36 heavy (non-hydrogen) atoms. The van der Waals surface area contributed by atoms with Crippen LogP contribution in [0.2, 0.25) is 0 Å². The molecule has 0 aromatic heterocycles. The topological polar surface area (TPSA) is 147 Å². The van der Waals surface area contributed by atoms with Crippen molar-refractivity contribution in [1.82, 2.24) is 0 Å². The molecule has 188 valence electrons. The van der Waals surface area contributed by atoms with Gasteiger partial charge in [0.05, 0.1) is 41.2 Å². The van der Waals surface area contributed by atoms with Gasteiger partial charge in [-0.05, 0) is 58.9 Å². The Morgan fingerprint density at radius 3 is 1.81 bits per heavy atom. The highest BCUT2D eigenvalue weighted by Crippen LogP contribution is 2.15. The molecule has 2 aromatic carbocycles.